The first kappa shape index (κ1) is 20.1. The normalized spacial score (nSPS) is 18.8. The molecule has 0 bridgehead atoms. The largest absolute Gasteiger partial charge is 0.396 e. The number of hydrogen-bond acceptors (Lipinski definition) is 6. The standard InChI is InChI=1S/C22H29N7O/c1-22(2)13-29(15-8-4-5-9-15)19-17(28(3)20(22)30)12-25-21(27-19)26-16-10-6-7-14(11-23)18(16)24/h6-7,10-12,15,23H,4-5,8-9,13,24H2,1-3H3,(H,25,26,27)/p+1. The van der Waals surface area contributed by atoms with Crippen molar-refractivity contribution < 1.29 is 10.2 Å². The Labute approximate surface area is 177 Å². The molecule has 0 saturated heterocycles. The molecule has 8 heteroatoms. The van der Waals surface area contributed by atoms with Gasteiger partial charge in [0.05, 0.1) is 28.6 Å². The van der Waals surface area contributed by atoms with Gasteiger partial charge in [0.1, 0.15) is 5.69 Å². The molecule has 0 atom stereocenters. The lowest BCUT2D eigenvalue weighted by atomic mass is 9.91. The first-order valence-electron chi connectivity index (χ1n) is 10.4. The number of para-hydroxylation sites is 1. The molecule has 158 valence electrons. The molecule has 1 aromatic heterocycles. The summed E-state index contributed by atoms with van der Waals surface area (Å²) in [5, 5.41) is 8.88. The van der Waals surface area contributed by atoms with Gasteiger partial charge in [0.15, 0.2) is 12.0 Å². The predicted molar refractivity (Wildman–Crippen MR) is 120 cm³/mol. The predicted octanol–water partition coefficient (Wildman–Crippen LogP) is 1.73. The van der Waals surface area contributed by atoms with Crippen molar-refractivity contribution >= 4 is 41.0 Å². The van der Waals surface area contributed by atoms with E-state index in [4.69, 9.17) is 16.1 Å². The van der Waals surface area contributed by atoms with Crippen molar-refractivity contribution in [3.63, 3.8) is 0 Å². The fourth-order valence-corrected chi connectivity index (χ4v) is 4.48. The number of rotatable bonds is 4. The van der Waals surface area contributed by atoms with Crippen molar-refractivity contribution in [3.8, 4) is 0 Å². The number of anilines is 5. The van der Waals surface area contributed by atoms with E-state index < -0.39 is 5.41 Å². The Morgan fingerprint density at radius 3 is 2.73 bits per heavy atom. The van der Waals surface area contributed by atoms with Gasteiger partial charge >= 0.3 is 0 Å². The van der Waals surface area contributed by atoms with Crippen LogP contribution in [0.5, 0.6) is 0 Å². The van der Waals surface area contributed by atoms with Crippen LogP contribution in [0.3, 0.4) is 0 Å². The Bertz CT molecular complexity index is 981. The van der Waals surface area contributed by atoms with Crippen LogP contribution in [0.15, 0.2) is 24.4 Å². The van der Waals surface area contributed by atoms with E-state index in [0.29, 0.717) is 29.9 Å². The van der Waals surface area contributed by atoms with Gasteiger partial charge < -0.3 is 20.9 Å². The minimum atomic E-state index is -0.513. The number of nitrogens with zero attached hydrogens (tertiary/aromatic N) is 4. The zero-order valence-electron chi connectivity index (χ0n) is 17.9. The van der Waals surface area contributed by atoms with E-state index in [2.05, 4.69) is 15.2 Å². The minimum Gasteiger partial charge on any atom is -0.396 e. The van der Waals surface area contributed by atoms with Crippen molar-refractivity contribution in [2.24, 2.45) is 5.41 Å². The molecule has 5 N–H and O–H groups in total. The number of nitrogens with one attached hydrogen (secondary N) is 1. The highest BCUT2D eigenvalue weighted by molar-refractivity contribution is 6.01. The second-order valence-corrected chi connectivity index (χ2v) is 8.82. The average molecular weight is 409 g/mol. The maximum absolute atomic E-state index is 13.1. The molecule has 4 rings (SSSR count). The monoisotopic (exact) mass is 408 g/mol. The third-order valence-corrected chi connectivity index (χ3v) is 6.16. The summed E-state index contributed by atoms with van der Waals surface area (Å²) in [6.45, 7) is 4.63. The van der Waals surface area contributed by atoms with Gasteiger partial charge in [0.2, 0.25) is 11.9 Å². The summed E-state index contributed by atoms with van der Waals surface area (Å²) >= 11 is 0. The Morgan fingerprint density at radius 2 is 2.03 bits per heavy atom. The minimum absolute atomic E-state index is 0.0731. The van der Waals surface area contributed by atoms with Crippen LogP contribution in [-0.4, -0.2) is 41.7 Å². The number of carbonyl (C=O) groups excluding carboxylic acids is 1. The summed E-state index contributed by atoms with van der Waals surface area (Å²) < 4.78 is 0. The van der Waals surface area contributed by atoms with Crippen molar-refractivity contribution in [2.45, 2.75) is 45.6 Å². The number of nitrogen functional groups attached to an aromatic ring is 1. The van der Waals surface area contributed by atoms with Crippen molar-refractivity contribution in [1.82, 2.24) is 9.97 Å². The lowest BCUT2D eigenvalue weighted by Gasteiger charge is -2.34. The van der Waals surface area contributed by atoms with E-state index >= 15 is 0 Å². The third-order valence-electron chi connectivity index (χ3n) is 6.16. The number of nitrogens with two attached hydrogens (primary N) is 2. The molecular weight excluding hydrogens is 378 g/mol. The molecule has 1 aliphatic heterocycles. The van der Waals surface area contributed by atoms with Crippen LogP contribution in [-0.2, 0) is 4.79 Å². The Hall–Kier alpha value is -3.16. The maximum Gasteiger partial charge on any atom is 0.234 e. The fourth-order valence-electron chi connectivity index (χ4n) is 4.48. The Kier molecular flexibility index (Phi) is 5.09. The van der Waals surface area contributed by atoms with Crippen LogP contribution in [0.1, 0.15) is 45.1 Å². The molecule has 2 aliphatic rings. The second-order valence-electron chi connectivity index (χ2n) is 8.82. The number of hydrogen-bond donors (Lipinski definition) is 3. The molecular formula is C22H30N7O+. The molecule has 1 saturated carbocycles. The number of benzene rings is 1. The molecule has 1 aliphatic carbocycles. The first-order chi connectivity index (χ1) is 14.3. The van der Waals surface area contributed by atoms with Gasteiger partial charge in [-0.2, -0.15) is 4.98 Å². The van der Waals surface area contributed by atoms with Gasteiger partial charge in [-0.15, -0.1) is 0 Å². The van der Waals surface area contributed by atoms with Crippen LogP contribution < -0.4 is 26.3 Å². The van der Waals surface area contributed by atoms with E-state index in [9.17, 15) is 4.79 Å². The molecule has 2 heterocycles. The summed E-state index contributed by atoms with van der Waals surface area (Å²) in [4.78, 5) is 26.4. The van der Waals surface area contributed by atoms with E-state index in [-0.39, 0.29) is 5.91 Å². The number of fused-ring (bicyclic) bond motifs is 1. The first-order valence-corrected chi connectivity index (χ1v) is 10.4. The van der Waals surface area contributed by atoms with Gasteiger partial charge in [-0.05, 0) is 38.8 Å². The summed E-state index contributed by atoms with van der Waals surface area (Å²) in [6.07, 6.45) is 7.83. The van der Waals surface area contributed by atoms with Crippen LogP contribution in [0, 0.1) is 5.41 Å². The molecule has 0 unspecified atom stereocenters. The lowest BCUT2D eigenvalue weighted by molar-refractivity contribution is -0.125. The van der Waals surface area contributed by atoms with E-state index in [1.165, 1.54) is 19.1 Å². The average Bonchev–Trinajstić information content (AvgIpc) is 3.25. The van der Waals surface area contributed by atoms with Crippen LogP contribution in [0.25, 0.3) is 0 Å². The van der Waals surface area contributed by atoms with Gasteiger partial charge in [-0.25, -0.2) is 4.98 Å². The van der Waals surface area contributed by atoms with Crippen LogP contribution in [0.4, 0.5) is 28.8 Å². The third kappa shape index (κ3) is 3.46. The smallest absolute Gasteiger partial charge is 0.234 e. The van der Waals surface area contributed by atoms with Gasteiger partial charge in [-0.1, -0.05) is 18.9 Å². The molecule has 0 radical (unpaired) electrons. The topological polar surface area (TPSA) is 113 Å². The van der Waals surface area contributed by atoms with Crippen molar-refractivity contribution in [3.05, 3.63) is 30.0 Å². The summed E-state index contributed by atoms with van der Waals surface area (Å²) in [6, 6.07) is 5.97. The number of amides is 1. The molecule has 0 spiro atoms. The zero-order valence-corrected chi connectivity index (χ0v) is 17.9. The van der Waals surface area contributed by atoms with E-state index in [1.807, 2.05) is 32.0 Å². The highest BCUT2D eigenvalue weighted by atomic mass is 16.2. The van der Waals surface area contributed by atoms with Crippen molar-refractivity contribution in [1.29, 1.82) is 0 Å². The van der Waals surface area contributed by atoms with Gasteiger partial charge in [0, 0.05) is 19.6 Å². The van der Waals surface area contributed by atoms with E-state index in [1.54, 1.807) is 18.1 Å². The quantitative estimate of drug-likeness (QED) is 0.525. The molecule has 30 heavy (non-hydrogen) atoms. The number of carbonyl (C=O) groups is 1. The van der Waals surface area contributed by atoms with Crippen molar-refractivity contribution in [2.75, 3.05) is 34.4 Å². The second kappa shape index (κ2) is 7.59. The fraction of sp³-hybridized carbons (Fsp3) is 0.455. The van der Waals surface area contributed by atoms with Gasteiger partial charge in [0.25, 0.3) is 0 Å². The summed E-state index contributed by atoms with van der Waals surface area (Å²) in [5.74, 6) is 1.31. The molecule has 2 aromatic rings. The molecule has 1 aromatic carbocycles. The SMILES string of the molecule is CN1C(=O)C(C)(C)CN(C2CCCC2)c2nc(Nc3cccc(C=[NH2+])c3N)ncc21. The number of aromatic nitrogens is 2. The summed E-state index contributed by atoms with van der Waals surface area (Å²) in [7, 11) is 1.80. The highest BCUT2D eigenvalue weighted by Crippen LogP contribution is 2.40. The van der Waals surface area contributed by atoms with Gasteiger partial charge in [-0.3, -0.25) is 10.2 Å². The Morgan fingerprint density at radius 1 is 1.30 bits per heavy atom. The maximum atomic E-state index is 13.1. The molecule has 8 nitrogen and oxygen atoms in total. The summed E-state index contributed by atoms with van der Waals surface area (Å²) in [5.41, 5.74) is 8.42. The molecule has 1 amide bonds. The van der Waals surface area contributed by atoms with E-state index in [0.717, 1.165) is 29.9 Å². The van der Waals surface area contributed by atoms with Crippen LogP contribution in [0.2, 0.25) is 0 Å². The Balaban J connectivity index is 1.76. The lowest BCUT2D eigenvalue weighted by Crippen LogP contribution is -2.45. The van der Waals surface area contributed by atoms with Crippen LogP contribution >= 0.6 is 0 Å². The highest BCUT2D eigenvalue weighted by Gasteiger charge is 2.41. The molecule has 1 fully saturated rings. The zero-order chi connectivity index (χ0) is 21.5.